The second kappa shape index (κ2) is 5.57. The number of hydrogen-bond acceptors (Lipinski definition) is 2. The zero-order valence-electron chi connectivity index (χ0n) is 12.6. The summed E-state index contributed by atoms with van der Waals surface area (Å²) in [6, 6.07) is 6.63. The SMILES string of the molecule is CCN(C)/C=N/c1ccc2c(c1)CCOC21CCCC1. The summed E-state index contributed by atoms with van der Waals surface area (Å²) < 4.78 is 6.16. The zero-order chi connectivity index (χ0) is 14.0. The fourth-order valence-electron chi connectivity index (χ4n) is 3.35. The smallest absolute Gasteiger partial charge is 0.0934 e. The number of benzene rings is 1. The molecule has 1 aromatic rings. The van der Waals surface area contributed by atoms with Crippen LogP contribution in [0.15, 0.2) is 23.2 Å². The summed E-state index contributed by atoms with van der Waals surface area (Å²) in [6.07, 6.45) is 7.88. The number of rotatable bonds is 3. The quantitative estimate of drug-likeness (QED) is 0.620. The van der Waals surface area contributed by atoms with Crippen LogP contribution in [-0.2, 0) is 16.8 Å². The maximum atomic E-state index is 6.16. The van der Waals surface area contributed by atoms with E-state index < -0.39 is 0 Å². The largest absolute Gasteiger partial charge is 0.370 e. The molecule has 0 radical (unpaired) electrons. The van der Waals surface area contributed by atoms with Gasteiger partial charge in [0, 0.05) is 13.6 Å². The summed E-state index contributed by atoms with van der Waals surface area (Å²) in [5, 5.41) is 0. The van der Waals surface area contributed by atoms with Crippen molar-refractivity contribution in [2.75, 3.05) is 20.2 Å². The molecular formula is C17H24N2O. The number of aliphatic imine (C=N–C) groups is 1. The van der Waals surface area contributed by atoms with Gasteiger partial charge in [-0.3, -0.25) is 0 Å². The van der Waals surface area contributed by atoms with Crippen LogP contribution in [0.4, 0.5) is 5.69 Å². The molecule has 1 heterocycles. The Hall–Kier alpha value is -1.35. The molecule has 1 aliphatic carbocycles. The van der Waals surface area contributed by atoms with Crippen molar-refractivity contribution in [1.29, 1.82) is 0 Å². The average Bonchev–Trinajstić information content (AvgIpc) is 2.94. The Labute approximate surface area is 121 Å². The maximum Gasteiger partial charge on any atom is 0.0934 e. The van der Waals surface area contributed by atoms with Gasteiger partial charge in [0.2, 0.25) is 0 Å². The Balaban J connectivity index is 1.87. The molecule has 0 unspecified atom stereocenters. The molecule has 0 atom stereocenters. The molecule has 0 saturated heterocycles. The Kier molecular flexibility index (Phi) is 3.79. The van der Waals surface area contributed by atoms with Crippen molar-refractivity contribution >= 4 is 12.0 Å². The summed E-state index contributed by atoms with van der Waals surface area (Å²) in [5.41, 5.74) is 3.94. The Bertz CT molecular complexity index is 504. The van der Waals surface area contributed by atoms with Crippen molar-refractivity contribution in [3.63, 3.8) is 0 Å². The molecule has 108 valence electrons. The van der Waals surface area contributed by atoms with Gasteiger partial charge in [-0.1, -0.05) is 18.9 Å². The molecule has 1 aliphatic heterocycles. The van der Waals surface area contributed by atoms with E-state index in [1.807, 2.05) is 13.4 Å². The van der Waals surface area contributed by atoms with Crippen molar-refractivity contribution in [2.45, 2.75) is 44.6 Å². The van der Waals surface area contributed by atoms with Crippen molar-refractivity contribution in [3.8, 4) is 0 Å². The van der Waals surface area contributed by atoms with Gasteiger partial charge < -0.3 is 9.64 Å². The van der Waals surface area contributed by atoms with E-state index >= 15 is 0 Å². The third-order valence-electron chi connectivity index (χ3n) is 4.64. The minimum atomic E-state index is 0.0238. The van der Waals surface area contributed by atoms with Crippen molar-refractivity contribution in [1.82, 2.24) is 4.90 Å². The van der Waals surface area contributed by atoms with E-state index in [0.717, 1.165) is 25.3 Å². The van der Waals surface area contributed by atoms with Gasteiger partial charge in [-0.15, -0.1) is 0 Å². The van der Waals surface area contributed by atoms with Crippen LogP contribution in [0, 0.1) is 0 Å². The minimum Gasteiger partial charge on any atom is -0.370 e. The molecule has 0 bridgehead atoms. The van der Waals surface area contributed by atoms with E-state index in [2.05, 4.69) is 35.0 Å². The van der Waals surface area contributed by atoms with Crippen molar-refractivity contribution in [3.05, 3.63) is 29.3 Å². The topological polar surface area (TPSA) is 24.8 Å². The molecule has 1 fully saturated rings. The van der Waals surface area contributed by atoms with E-state index in [-0.39, 0.29) is 5.60 Å². The van der Waals surface area contributed by atoms with Gasteiger partial charge in [0.05, 0.1) is 24.2 Å². The third-order valence-corrected chi connectivity index (χ3v) is 4.64. The lowest BCUT2D eigenvalue weighted by Crippen LogP contribution is -2.32. The molecule has 1 spiro atoms. The third kappa shape index (κ3) is 2.47. The first-order valence-corrected chi connectivity index (χ1v) is 7.75. The van der Waals surface area contributed by atoms with Gasteiger partial charge in [-0.2, -0.15) is 0 Å². The highest BCUT2D eigenvalue weighted by molar-refractivity contribution is 5.62. The maximum absolute atomic E-state index is 6.16. The van der Waals surface area contributed by atoms with Crippen LogP contribution in [0.1, 0.15) is 43.7 Å². The van der Waals surface area contributed by atoms with Crippen LogP contribution < -0.4 is 0 Å². The van der Waals surface area contributed by atoms with Gasteiger partial charge in [0.1, 0.15) is 0 Å². The average molecular weight is 272 g/mol. The van der Waals surface area contributed by atoms with E-state index in [1.165, 1.54) is 36.8 Å². The highest BCUT2D eigenvalue weighted by atomic mass is 16.5. The van der Waals surface area contributed by atoms with E-state index in [0.29, 0.717) is 0 Å². The molecule has 3 heteroatoms. The molecular weight excluding hydrogens is 248 g/mol. The lowest BCUT2D eigenvalue weighted by Gasteiger charge is -2.36. The molecule has 1 aromatic carbocycles. The first-order valence-electron chi connectivity index (χ1n) is 7.75. The normalized spacial score (nSPS) is 20.5. The molecule has 0 aromatic heterocycles. The highest BCUT2D eigenvalue weighted by Gasteiger charge is 2.40. The van der Waals surface area contributed by atoms with E-state index in [9.17, 15) is 0 Å². The monoisotopic (exact) mass is 272 g/mol. The number of ether oxygens (including phenoxy) is 1. The van der Waals surface area contributed by atoms with Crippen LogP contribution in [0.3, 0.4) is 0 Å². The highest BCUT2D eigenvalue weighted by Crippen LogP contribution is 2.46. The predicted molar refractivity (Wildman–Crippen MR) is 82.7 cm³/mol. The molecule has 0 N–H and O–H groups in total. The first-order chi connectivity index (χ1) is 9.73. The fourth-order valence-corrected chi connectivity index (χ4v) is 3.35. The summed E-state index contributed by atoms with van der Waals surface area (Å²) >= 11 is 0. The number of nitrogens with zero attached hydrogens (tertiary/aromatic N) is 2. The lowest BCUT2D eigenvalue weighted by atomic mass is 9.85. The first kappa shape index (κ1) is 13.6. The Morgan fingerprint density at radius 2 is 2.15 bits per heavy atom. The van der Waals surface area contributed by atoms with Crippen LogP contribution in [0.25, 0.3) is 0 Å². The van der Waals surface area contributed by atoms with Crippen LogP contribution in [-0.4, -0.2) is 31.4 Å². The van der Waals surface area contributed by atoms with Crippen LogP contribution in [0.2, 0.25) is 0 Å². The van der Waals surface area contributed by atoms with E-state index in [1.54, 1.807) is 0 Å². The minimum absolute atomic E-state index is 0.0238. The van der Waals surface area contributed by atoms with Crippen molar-refractivity contribution in [2.24, 2.45) is 4.99 Å². The number of hydrogen-bond donors (Lipinski definition) is 0. The molecule has 0 amide bonds. The predicted octanol–water partition coefficient (Wildman–Crippen LogP) is 3.64. The van der Waals surface area contributed by atoms with Crippen LogP contribution >= 0.6 is 0 Å². The van der Waals surface area contributed by atoms with Gasteiger partial charge in [0.25, 0.3) is 0 Å². The van der Waals surface area contributed by atoms with Gasteiger partial charge in [0.15, 0.2) is 0 Å². The van der Waals surface area contributed by atoms with Crippen LogP contribution in [0.5, 0.6) is 0 Å². The number of fused-ring (bicyclic) bond motifs is 2. The Morgan fingerprint density at radius 3 is 2.90 bits per heavy atom. The summed E-state index contributed by atoms with van der Waals surface area (Å²) in [4.78, 5) is 6.64. The zero-order valence-corrected chi connectivity index (χ0v) is 12.6. The van der Waals surface area contributed by atoms with E-state index in [4.69, 9.17) is 4.74 Å². The van der Waals surface area contributed by atoms with Crippen molar-refractivity contribution < 1.29 is 4.74 Å². The summed E-state index contributed by atoms with van der Waals surface area (Å²) in [6.45, 7) is 3.96. The second-order valence-corrected chi connectivity index (χ2v) is 5.96. The molecule has 20 heavy (non-hydrogen) atoms. The standard InChI is InChI=1S/C17H24N2O/c1-3-19(2)13-18-15-6-7-16-14(12-15)8-11-20-17(16)9-4-5-10-17/h6-7,12-13H,3-5,8-11H2,1-2H3/b18-13+. The molecule has 3 nitrogen and oxygen atoms in total. The Morgan fingerprint density at radius 1 is 1.35 bits per heavy atom. The molecule has 3 rings (SSSR count). The van der Waals surface area contributed by atoms with Gasteiger partial charge in [-0.05, 0) is 49.4 Å². The summed E-state index contributed by atoms with van der Waals surface area (Å²) in [7, 11) is 2.04. The fraction of sp³-hybridized carbons (Fsp3) is 0.588. The summed E-state index contributed by atoms with van der Waals surface area (Å²) in [5.74, 6) is 0. The van der Waals surface area contributed by atoms with Gasteiger partial charge in [-0.25, -0.2) is 4.99 Å². The van der Waals surface area contributed by atoms with Gasteiger partial charge >= 0.3 is 0 Å². The second-order valence-electron chi connectivity index (χ2n) is 5.96. The molecule has 1 saturated carbocycles. The molecule has 2 aliphatic rings. The lowest BCUT2D eigenvalue weighted by molar-refractivity contribution is -0.0552.